The van der Waals surface area contributed by atoms with Crippen molar-refractivity contribution in [1.82, 2.24) is 5.43 Å². The molecule has 3 rings (SSSR count). The number of hydrazone groups is 1. The normalized spacial score (nSPS) is 11.6. The van der Waals surface area contributed by atoms with Gasteiger partial charge in [-0.05, 0) is 61.4 Å². The number of hydrogen-bond donors (Lipinski definition) is 2. The summed E-state index contributed by atoms with van der Waals surface area (Å²) in [5, 5.41) is 7.29. The number of aryl methyl sites for hydroxylation is 1. The van der Waals surface area contributed by atoms with Gasteiger partial charge in [-0.3, -0.25) is 13.9 Å². The van der Waals surface area contributed by atoms with Crippen LogP contribution >= 0.6 is 11.6 Å². The van der Waals surface area contributed by atoms with Gasteiger partial charge in [0.2, 0.25) is 10.0 Å². The first-order valence-electron chi connectivity index (χ1n) is 10.6. The Morgan fingerprint density at radius 1 is 0.971 bits per heavy atom. The molecule has 0 spiro atoms. The molecular weight excluding hydrogens is 488 g/mol. The van der Waals surface area contributed by atoms with Gasteiger partial charge in [0, 0.05) is 16.3 Å². The zero-order valence-electron chi connectivity index (χ0n) is 19.4. The number of halogens is 1. The molecule has 35 heavy (non-hydrogen) atoms. The van der Waals surface area contributed by atoms with E-state index in [0.29, 0.717) is 27.5 Å². The Balaban J connectivity index is 1.64. The summed E-state index contributed by atoms with van der Waals surface area (Å²) < 4.78 is 25.5. The topological polar surface area (TPSA) is 108 Å². The van der Waals surface area contributed by atoms with Crippen LogP contribution in [0.15, 0.2) is 77.9 Å². The van der Waals surface area contributed by atoms with Crippen molar-refractivity contribution in [1.29, 1.82) is 0 Å². The number of rotatable bonds is 8. The van der Waals surface area contributed by atoms with Crippen molar-refractivity contribution in [3.8, 4) is 0 Å². The monoisotopic (exact) mass is 512 g/mol. The molecular formula is C25H25ClN4O4S. The molecule has 3 aromatic rings. The third kappa shape index (κ3) is 7.14. The lowest BCUT2D eigenvalue weighted by molar-refractivity contribution is -0.119. The highest BCUT2D eigenvalue weighted by Gasteiger charge is 2.21. The molecule has 0 radical (unpaired) electrons. The number of hydrogen-bond acceptors (Lipinski definition) is 5. The van der Waals surface area contributed by atoms with Crippen LogP contribution in [0.4, 0.5) is 11.4 Å². The average molecular weight is 513 g/mol. The minimum absolute atomic E-state index is 0.221. The number of sulfonamides is 1. The second-order valence-corrected chi connectivity index (χ2v) is 10.1. The quantitative estimate of drug-likeness (QED) is 0.348. The van der Waals surface area contributed by atoms with Gasteiger partial charge >= 0.3 is 0 Å². The van der Waals surface area contributed by atoms with E-state index in [9.17, 15) is 18.0 Å². The number of carbonyl (C=O) groups is 2. The lowest BCUT2D eigenvalue weighted by atomic mass is 10.1. The van der Waals surface area contributed by atoms with Crippen molar-refractivity contribution in [2.45, 2.75) is 13.8 Å². The summed E-state index contributed by atoms with van der Waals surface area (Å²) in [6, 6.07) is 20.6. The molecule has 0 heterocycles. The summed E-state index contributed by atoms with van der Waals surface area (Å²) in [5.74, 6) is -0.834. The summed E-state index contributed by atoms with van der Waals surface area (Å²) in [5.41, 5.74) is 5.84. The standard InChI is InChI=1S/C25H25ClN4O4S/c1-17-9-14-22(15-23(17)26)30(35(3,33)34)16-24(31)29-28-18(2)19-10-12-21(13-11-19)27-25(32)20-7-5-4-6-8-20/h4-15H,16H2,1-3H3,(H,27,32)(H,29,31)/b28-18-. The number of anilines is 2. The Hall–Kier alpha value is -3.69. The van der Waals surface area contributed by atoms with Crippen LogP contribution in [0.3, 0.4) is 0 Å². The average Bonchev–Trinajstić information content (AvgIpc) is 2.83. The van der Waals surface area contributed by atoms with Gasteiger partial charge in [-0.25, -0.2) is 13.8 Å². The van der Waals surface area contributed by atoms with Crippen LogP contribution in [0.25, 0.3) is 0 Å². The first-order valence-corrected chi connectivity index (χ1v) is 12.8. The van der Waals surface area contributed by atoms with Gasteiger partial charge in [0.15, 0.2) is 0 Å². The third-order valence-electron chi connectivity index (χ3n) is 5.08. The van der Waals surface area contributed by atoms with E-state index in [4.69, 9.17) is 11.6 Å². The van der Waals surface area contributed by atoms with Crippen molar-refractivity contribution in [3.05, 3.63) is 94.5 Å². The maximum absolute atomic E-state index is 12.5. The Labute approximate surface area is 209 Å². The molecule has 0 unspecified atom stereocenters. The predicted octanol–water partition coefficient (Wildman–Crippen LogP) is 4.21. The molecule has 0 atom stereocenters. The van der Waals surface area contributed by atoms with Gasteiger partial charge in [0.05, 0.1) is 17.7 Å². The molecule has 0 fully saturated rings. The first kappa shape index (κ1) is 25.9. The highest BCUT2D eigenvalue weighted by molar-refractivity contribution is 7.92. The number of carbonyl (C=O) groups excluding carboxylic acids is 2. The van der Waals surface area contributed by atoms with Gasteiger partial charge in [0.25, 0.3) is 11.8 Å². The van der Waals surface area contributed by atoms with E-state index in [1.165, 1.54) is 6.07 Å². The van der Waals surface area contributed by atoms with Crippen LogP contribution in [0, 0.1) is 6.92 Å². The molecule has 0 aliphatic rings. The zero-order chi connectivity index (χ0) is 25.6. The van der Waals surface area contributed by atoms with Crippen LogP contribution in [0.1, 0.15) is 28.4 Å². The number of amides is 2. The summed E-state index contributed by atoms with van der Waals surface area (Å²) >= 11 is 6.12. The molecule has 0 saturated carbocycles. The number of benzene rings is 3. The van der Waals surface area contributed by atoms with Crippen molar-refractivity contribution in [3.63, 3.8) is 0 Å². The zero-order valence-corrected chi connectivity index (χ0v) is 21.0. The molecule has 10 heteroatoms. The fraction of sp³-hybridized carbons (Fsp3) is 0.160. The van der Waals surface area contributed by atoms with Crippen molar-refractivity contribution < 1.29 is 18.0 Å². The largest absolute Gasteiger partial charge is 0.322 e. The minimum atomic E-state index is -3.74. The summed E-state index contributed by atoms with van der Waals surface area (Å²) in [6.45, 7) is 3.04. The van der Waals surface area contributed by atoms with Crippen LogP contribution in [0.2, 0.25) is 5.02 Å². The van der Waals surface area contributed by atoms with E-state index in [1.54, 1.807) is 74.5 Å². The van der Waals surface area contributed by atoms with Crippen molar-refractivity contribution in [2.75, 3.05) is 22.4 Å². The molecule has 8 nitrogen and oxygen atoms in total. The Bertz CT molecular complexity index is 1360. The Morgan fingerprint density at radius 2 is 1.63 bits per heavy atom. The molecule has 3 aromatic carbocycles. The van der Waals surface area contributed by atoms with E-state index in [1.807, 2.05) is 6.07 Å². The van der Waals surface area contributed by atoms with E-state index < -0.39 is 22.5 Å². The van der Waals surface area contributed by atoms with Crippen LogP contribution in [0.5, 0.6) is 0 Å². The highest BCUT2D eigenvalue weighted by atomic mass is 35.5. The first-order chi connectivity index (χ1) is 16.5. The molecule has 0 aliphatic heterocycles. The SMILES string of the molecule is C/C(=N/NC(=O)CN(c1ccc(C)c(Cl)c1)S(C)(=O)=O)c1ccc(NC(=O)c2ccccc2)cc1. The maximum Gasteiger partial charge on any atom is 0.260 e. The van der Waals surface area contributed by atoms with Crippen molar-refractivity contribution in [2.24, 2.45) is 5.10 Å². The molecule has 0 aliphatic carbocycles. The number of nitrogens with one attached hydrogen (secondary N) is 2. The Kier molecular flexibility index (Phi) is 8.26. The summed E-state index contributed by atoms with van der Waals surface area (Å²) in [4.78, 5) is 24.7. The molecule has 182 valence electrons. The minimum Gasteiger partial charge on any atom is -0.322 e. The van der Waals surface area contributed by atoms with Crippen LogP contribution < -0.4 is 15.0 Å². The van der Waals surface area contributed by atoms with E-state index in [-0.39, 0.29) is 11.6 Å². The second-order valence-electron chi connectivity index (χ2n) is 7.83. The molecule has 2 N–H and O–H groups in total. The van der Waals surface area contributed by atoms with E-state index >= 15 is 0 Å². The van der Waals surface area contributed by atoms with Gasteiger partial charge in [-0.15, -0.1) is 0 Å². The highest BCUT2D eigenvalue weighted by Crippen LogP contribution is 2.24. The molecule has 2 amide bonds. The van der Waals surface area contributed by atoms with Crippen LogP contribution in [-0.4, -0.2) is 38.7 Å². The number of nitrogens with zero attached hydrogens (tertiary/aromatic N) is 2. The van der Waals surface area contributed by atoms with Gasteiger partial charge in [0.1, 0.15) is 6.54 Å². The molecule has 0 aromatic heterocycles. The fourth-order valence-corrected chi connectivity index (χ4v) is 4.12. The maximum atomic E-state index is 12.5. The summed E-state index contributed by atoms with van der Waals surface area (Å²) in [7, 11) is -3.74. The van der Waals surface area contributed by atoms with Gasteiger partial charge in [-0.1, -0.05) is 48.0 Å². The molecule has 0 bridgehead atoms. The Morgan fingerprint density at radius 3 is 2.23 bits per heavy atom. The fourth-order valence-electron chi connectivity index (χ4n) is 3.10. The predicted molar refractivity (Wildman–Crippen MR) is 140 cm³/mol. The molecule has 0 saturated heterocycles. The second kappa shape index (κ2) is 11.2. The van der Waals surface area contributed by atoms with E-state index in [2.05, 4.69) is 15.8 Å². The lowest BCUT2D eigenvalue weighted by Crippen LogP contribution is -2.39. The van der Waals surface area contributed by atoms with Crippen molar-refractivity contribution >= 4 is 50.5 Å². The smallest absolute Gasteiger partial charge is 0.260 e. The lowest BCUT2D eigenvalue weighted by Gasteiger charge is -2.22. The van der Waals surface area contributed by atoms with Gasteiger partial charge in [-0.2, -0.15) is 5.10 Å². The third-order valence-corrected chi connectivity index (χ3v) is 6.62. The summed E-state index contributed by atoms with van der Waals surface area (Å²) in [6.07, 6.45) is 1.01. The van der Waals surface area contributed by atoms with Crippen LogP contribution in [-0.2, 0) is 14.8 Å². The van der Waals surface area contributed by atoms with E-state index in [0.717, 1.165) is 16.1 Å². The van der Waals surface area contributed by atoms with Gasteiger partial charge < -0.3 is 5.32 Å².